The first kappa shape index (κ1) is 26.4. The van der Waals surface area contributed by atoms with Gasteiger partial charge in [-0.15, -0.1) is 0 Å². The quantitative estimate of drug-likeness (QED) is 0.376. The molecule has 0 heterocycles. The van der Waals surface area contributed by atoms with E-state index in [4.69, 9.17) is 21.1 Å². The summed E-state index contributed by atoms with van der Waals surface area (Å²) in [5, 5.41) is 3.49. The van der Waals surface area contributed by atoms with Gasteiger partial charge >= 0.3 is 0 Å². The zero-order valence-corrected chi connectivity index (χ0v) is 21.5. The number of carbonyl (C=O) groups excluding carboxylic acids is 1. The van der Waals surface area contributed by atoms with Crippen LogP contribution >= 0.6 is 11.6 Å². The van der Waals surface area contributed by atoms with E-state index >= 15 is 0 Å². The highest BCUT2D eigenvalue weighted by atomic mass is 35.5. The van der Waals surface area contributed by atoms with Gasteiger partial charge in [-0.05, 0) is 55.7 Å². The van der Waals surface area contributed by atoms with Crippen molar-refractivity contribution in [2.24, 2.45) is 0 Å². The molecule has 3 aromatic carbocycles. The Morgan fingerprint density at radius 2 is 1.71 bits per heavy atom. The third kappa shape index (κ3) is 6.68. The van der Waals surface area contributed by atoms with Gasteiger partial charge in [-0.1, -0.05) is 47.5 Å². The molecule has 0 aliphatic heterocycles. The zero-order valence-electron chi connectivity index (χ0n) is 20.0. The molecule has 0 aliphatic carbocycles. The molecule has 7 nitrogen and oxygen atoms in total. The van der Waals surface area contributed by atoms with Crippen molar-refractivity contribution in [3.8, 4) is 11.5 Å². The maximum absolute atomic E-state index is 13.6. The zero-order chi connectivity index (χ0) is 25.4. The fourth-order valence-electron chi connectivity index (χ4n) is 3.52. The lowest BCUT2D eigenvalue weighted by atomic mass is 10.1. The number of amides is 1. The van der Waals surface area contributed by atoms with Crippen molar-refractivity contribution in [2.45, 2.75) is 24.7 Å². The molecule has 0 unspecified atom stereocenters. The van der Waals surface area contributed by atoms with E-state index in [0.717, 1.165) is 15.4 Å². The van der Waals surface area contributed by atoms with E-state index in [2.05, 4.69) is 5.32 Å². The predicted octanol–water partition coefficient (Wildman–Crippen LogP) is 4.61. The number of rotatable bonds is 11. The van der Waals surface area contributed by atoms with Gasteiger partial charge in [-0.3, -0.25) is 9.10 Å². The van der Waals surface area contributed by atoms with Crippen LogP contribution in [0.5, 0.6) is 11.5 Å². The van der Waals surface area contributed by atoms with Gasteiger partial charge in [0, 0.05) is 17.6 Å². The molecule has 0 fully saturated rings. The lowest BCUT2D eigenvalue weighted by Gasteiger charge is -2.26. The van der Waals surface area contributed by atoms with Crippen LogP contribution in [-0.2, 0) is 21.2 Å². The number of aryl methyl sites for hydroxylation is 2. The molecular formula is C26H29ClN2O5S. The van der Waals surface area contributed by atoms with Crippen LogP contribution < -0.4 is 19.1 Å². The van der Waals surface area contributed by atoms with Gasteiger partial charge in [0.2, 0.25) is 5.91 Å². The van der Waals surface area contributed by atoms with Crippen LogP contribution in [0.4, 0.5) is 5.69 Å². The van der Waals surface area contributed by atoms with Crippen molar-refractivity contribution in [3.05, 3.63) is 82.9 Å². The number of ether oxygens (including phenoxy) is 2. The Morgan fingerprint density at radius 1 is 1.00 bits per heavy atom. The Bertz CT molecular complexity index is 1260. The first-order valence-electron chi connectivity index (χ1n) is 11.1. The van der Waals surface area contributed by atoms with Crippen LogP contribution in [0.2, 0.25) is 5.02 Å². The first-order chi connectivity index (χ1) is 16.8. The Labute approximate surface area is 211 Å². The molecule has 0 aliphatic rings. The number of nitrogens with one attached hydrogen (secondary N) is 1. The molecular weight excluding hydrogens is 488 g/mol. The molecule has 1 amide bonds. The second kappa shape index (κ2) is 12.0. The molecule has 0 aromatic heterocycles. The lowest BCUT2D eigenvalue weighted by molar-refractivity contribution is -0.119. The fraction of sp³-hybridized carbons (Fsp3) is 0.269. The standard InChI is InChI=1S/C26H29ClN2O5S/c1-19-10-13-22(14-11-19)35(31,32)29(24-17-21(33-2)12-15-25(24)34-3)18-26(30)28-16-6-8-20-7-4-5-9-23(20)27/h4-5,7,9-15,17H,6,8,16,18H2,1-3H3,(H,28,30). The Balaban J connectivity index is 1.83. The van der Waals surface area contributed by atoms with Crippen molar-refractivity contribution in [1.82, 2.24) is 5.32 Å². The Morgan fingerprint density at radius 3 is 2.37 bits per heavy atom. The highest BCUT2D eigenvalue weighted by molar-refractivity contribution is 7.92. The van der Waals surface area contributed by atoms with Crippen LogP contribution in [0.3, 0.4) is 0 Å². The van der Waals surface area contributed by atoms with Crippen molar-refractivity contribution >= 4 is 33.2 Å². The normalized spacial score (nSPS) is 11.1. The minimum Gasteiger partial charge on any atom is -0.497 e. The van der Waals surface area contributed by atoms with Crippen LogP contribution in [0.15, 0.2) is 71.6 Å². The highest BCUT2D eigenvalue weighted by Crippen LogP contribution is 2.35. The molecule has 3 aromatic rings. The summed E-state index contributed by atoms with van der Waals surface area (Å²) in [7, 11) is -1.16. The number of hydrogen-bond acceptors (Lipinski definition) is 5. The van der Waals surface area contributed by atoms with Gasteiger partial charge in [-0.2, -0.15) is 0 Å². The largest absolute Gasteiger partial charge is 0.497 e. The number of hydrogen-bond donors (Lipinski definition) is 1. The molecule has 1 N–H and O–H groups in total. The summed E-state index contributed by atoms with van der Waals surface area (Å²) in [4.78, 5) is 12.9. The molecule has 0 saturated heterocycles. The maximum Gasteiger partial charge on any atom is 0.264 e. The lowest BCUT2D eigenvalue weighted by Crippen LogP contribution is -2.41. The minimum atomic E-state index is -4.08. The number of sulfonamides is 1. The average molecular weight is 517 g/mol. The van der Waals surface area contributed by atoms with Crippen LogP contribution in [-0.4, -0.2) is 41.6 Å². The van der Waals surface area contributed by atoms with E-state index in [1.807, 2.05) is 31.2 Å². The van der Waals surface area contributed by atoms with Crippen LogP contribution in [0.1, 0.15) is 17.5 Å². The van der Waals surface area contributed by atoms with Crippen molar-refractivity contribution < 1.29 is 22.7 Å². The second-order valence-corrected chi connectivity index (χ2v) is 10.2. The van der Waals surface area contributed by atoms with Crippen LogP contribution in [0, 0.1) is 6.92 Å². The SMILES string of the molecule is COc1ccc(OC)c(N(CC(=O)NCCCc2ccccc2Cl)S(=O)(=O)c2ccc(C)cc2)c1. The summed E-state index contributed by atoms with van der Waals surface area (Å²) in [5.74, 6) is 0.294. The summed E-state index contributed by atoms with van der Waals surface area (Å²) < 4.78 is 39.0. The summed E-state index contributed by atoms with van der Waals surface area (Å²) in [6.07, 6.45) is 1.34. The van der Waals surface area contributed by atoms with Gasteiger partial charge < -0.3 is 14.8 Å². The smallest absolute Gasteiger partial charge is 0.264 e. The summed E-state index contributed by atoms with van der Waals surface area (Å²) >= 11 is 6.19. The maximum atomic E-state index is 13.6. The number of halogens is 1. The van der Waals surface area contributed by atoms with E-state index in [9.17, 15) is 13.2 Å². The van der Waals surface area contributed by atoms with E-state index in [-0.39, 0.29) is 10.6 Å². The summed E-state index contributed by atoms with van der Waals surface area (Å²) in [6.45, 7) is 1.82. The molecule has 0 bridgehead atoms. The molecule has 3 rings (SSSR count). The second-order valence-electron chi connectivity index (χ2n) is 7.91. The molecule has 0 atom stereocenters. The molecule has 186 valence electrons. The number of anilines is 1. The van der Waals surface area contributed by atoms with Crippen molar-refractivity contribution in [1.29, 1.82) is 0 Å². The topological polar surface area (TPSA) is 84.9 Å². The van der Waals surface area contributed by atoms with E-state index in [1.54, 1.807) is 24.3 Å². The third-order valence-electron chi connectivity index (χ3n) is 5.45. The van der Waals surface area contributed by atoms with Gasteiger partial charge in [0.05, 0.1) is 24.8 Å². The predicted molar refractivity (Wildman–Crippen MR) is 138 cm³/mol. The Hall–Kier alpha value is -3.23. The summed E-state index contributed by atoms with van der Waals surface area (Å²) in [6, 6.07) is 18.8. The number of methoxy groups -OCH3 is 2. The molecule has 0 spiro atoms. The van der Waals surface area contributed by atoms with E-state index in [0.29, 0.717) is 35.9 Å². The summed E-state index contributed by atoms with van der Waals surface area (Å²) in [5.41, 5.74) is 2.12. The number of benzene rings is 3. The van der Waals surface area contributed by atoms with E-state index < -0.39 is 22.5 Å². The molecule has 0 saturated carbocycles. The minimum absolute atomic E-state index is 0.0690. The molecule has 35 heavy (non-hydrogen) atoms. The van der Waals surface area contributed by atoms with Gasteiger partial charge in [0.15, 0.2) is 0 Å². The third-order valence-corrected chi connectivity index (χ3v) is 7.60. The van der Waals surface area contributed by atoms with Crippen molar-refractivity contribution in [2.75, 3.05) is 31.6 Å². The van der Waals surface area contributed by atoms with E-state index in [1.165, 1.54) is 32.4 Å². The highest BCUT2D eigenvalue weighted by Gasteiger charge is 2.30. The number of carbonyl (C=O) groups is 1. The molecule has 9 heteroatoms. The van der Waals surface area contributed by atoms with Crippen LogP contribution in [0.25, 0.3) is 0 Å². The monoisotopic (exact) mass is 516 g/mol. The van der Waals surface area contributed by atoms with Gasteiger partial charge in [-0.25, -0.2) is 8.42 Å². The molecule has 0 radical (unpaired) electrons. The fourth-order valence-corrected chi connectivity index (χ4v) is 5.18. The first-order valence-corrected chi connectivity index (χ1v) is 12.9. The van der Waals surface area contributed by atoms with Gasteiger partial charge in [0.1, 0.15) is 18.0 Å². The average Bonchev–Trinajstić information content (AvgIpc) is 2.86. The number of nitrogens with zero attached hydrogens (tertiary/aromatic N) is 1. The van der Waals surface area contributed by atoms with Gasteiger partial charge in [0.25, 0.3) is 10.0 Å². The Kier molecular flexibility index (Phi) is 9.01. The van der Waals surface area contributed by atoms with Crippen molar-refractivity contribution in [3.63, 3.8) is 0 Å².